The van der Waals surface area contributed by atoms with Crippen LogP contribution in [0.3, 0.4) is 0 Å². The minimum Gasteiger partial charge on any atom is -0.0622 e. The van der Waals surface area contributed by atoms with Gasteiger partial charge in [0.15, 0.2) is 0 Å². The molecule has 0 aromatic heterocycles. The molecule has 9 aromatic carbocycles. The van der Waals surface area contributed by atoms with E-state index in [0.717, 1.165) is 0 Å². The second-order valence-corrected chi connectivity index (χ2v) is 13.6. The minimum atomic E-state index is -0.522. The summed E-state index contributed by atoms with van der Waals surface area (Å²) in [5.41, 5.74) is 14.6. The molecule has 1 aliphatic carbocycles. The lowest BCUT2D eigenvalue weighted by molar-refractivity contribution is 0.769. The highest BCUT2D eigenvalue weighted by molar-refractivity contribution is 6.13. The molecule has 0 N–H and O–H groups in total. The molecule has 0 aliphatic heterocycles. The fourth-order valence-electron chi connectivity index (χ4n) is 8.61. The van der Waals surface area contributed by atoms with Gasteiger partial charge in [-0.05, 0) is 107 Å². The topological polar surface area (TPSA) is 0 Å². The summed E-state index contributed by atoms with van der Waals surface area (Å²) in [4.78, 5) is 0. The van der Waals surface area contributed by atoms with Gasteiger partial charge in [0.2, 0.25) is 0 Å². The zero-order chi connectivity index (χ0) is 33.8. The first-order valence-corrected chi connectivity index (χ1v) is 17.8. The summed E-state index contributed by atoms with van der Waals surface area (Å²) in [5, 5.41) is 5.12. The summed E-state index contributed by atoms with van der Waals surface area (Å²) < 4.78 is 0. The third kappa shape index (κ3) is 4.61. The zero-order valence-electron chi connectivity index (χ0n) is 28.1. The van der Waals surface area contributed by atoms with Crippen LogP contribution in [0.25, 0.3) is 66.1 Å². The molecule has 0 radical (unpaired) electrons. The molecular formula is C51H34. The molecule has 0 bridgehead atoms. The van der Waals surface area contributed by atoms with E-state index >= 15 is 0 Å². The SMILES string of the molecule is c1ccc(-c2ccc3c(c2)C(c2ccccc2)(c2ccc(-c4cc5ccccc5c5ccccc45)cc2)c2cc(-c4ccccc4)ccc2-3)cc1. The summed E-state index contributed by atoms with van der Waals surface area (Å²) in [7, 11) is 0. The molecule has 0 atom stereocenters. The van der Waals surface area contributed by atoms with Gasteiger partial charge in [-0.25, -0.2) is 0 Å². The van der Waals surface area contributed by atoms with Gasteiger partial charge in [0.1, 0.15) is 0 Å². The normalized spacial score (nSPS) is 12.9. The van der Waals surface area contributed by atoms with Crippen molar-refractivity contribution in [1.82, 2.24) is 0 Å². The van der Waals surface area contributed by atoms with Gasteiger partial charge in [0, 0.05) is 0 Å². The highest BCUT2D eigenvalue weighted by Gasteiger charge is 2.46. The Kier molecular flexibility index (Phi) is 6.82. The summed E-state index contributed by atoms with van der Waals surface area (Å²) in [6, 6.07) is 76.2. The van der Waals surface area contributed by atoms with Crippen molar-refractivity contribution in [2.24, 2.45) is 0 Å². The van der Waals surface area contributed by atoms with E-state index in [4.69, 9.17) is 0 Å². The first-order valence-electron chi connectivity index (χ1n) is 17.8. The largest absolute Gasteiger partial charge is 0.0714 e. The second-order valence-electron chi connectivity index (χ2n) is 13.6. The van der Waals surface area contributed by atoms with Gasteiger partial charge in [-0.3, -0.25) is 0 Å². The van der Waals surface area contributed by atoms with Crippen LogP contribution < -0.4 is 0 Å². The molecule has 0 saturated carbocycles. The van der Waals surface area contributed by atoms with E-state index in [9.17, 15) is 0 Å². The first-order chi connectivity index (χ1) is 25.3. The molecule has 0 unspecified atom stereocenters. The molecule has 0 heteroatoms. The fraction of sp³-hybridized carbons (Fsp3) is 0.0196. The predicted octanol–water partition coefficient (Wildman–Crippen LogP) is 13.4. The van der Waals surface area contributed by atoms with Gasteiger partial charge < -0.3 is 0 Å². The Morgan fingerprint density at radius 1 is 0.255 bits per heavy atom. The Bertz CT molecular complexity index is 2620. The zero-order valence-corrected chi connectivity index (χ0v) is 28.1. The van der Waals surface area contributed by atoms with E-state index in [1.807, 2.05) is 0 Å². The Morgan fingerprint density at radius 2 is 0.706 bits per heavy atom. The van der Waals surface area contributed by atoms with Gasteiger partial charge in [-0.2, -0.15) is 0 Å². The Morgan fingerprint density at radius 3 is 1.29 bits per heavy atom. The molecular weight excluding hydrogens is 613 g/mol. The van der Waals surface area contributed by atoms with Crippen molar-refractivity contribution < 1.29 is 0 Å². The van der Waals surface area contributed by atoms with E-state index in [2.05, 4.69) is 206 Å². The van der Waals surface area contributed by atoms with Gasteiger partial charge in [0.25, 0.3) is 0 Å². The van der Waals surface area contributed by atoms with E-state index < -0.39 is 5.41 Å². The van der Waals surface area contributed by atoms with Crippen molar-refractivity contribution in [3.8, 4) is 44.5 Å². The average Bonchev–Trinajstić information content (AvgIpc) is 3.51. The first kappa shape index (κ1) is 29.4. The summed E-state index contributed by atoms with van der Waals surface area (Å²) in [6.45, 7) is 0. The van der Waals surface area contributed by atoms with Crippen molar-refractivity contribution in [2.75, 3.05) is 0 Å². The lowest BCUT2D eigenvalue weighted by Crippen LogP contribution is -2.28. The Hall–Kier alpha value is -6.50. The molecule has 0 fully saturated rings. The van der Waals surface area contributed by atoms with Crippen LogP contribution in [0, 0.1) is 0 Å². The maximum Gasteiger partial charge on any atom is 0.0714 e. The fourth-order valence-corrected chi connectivity index (χ4v) is 8.61. The maximum absolute atomic E-state index is 2.45. The van der Waals surface area contributed by atoms with Crippen molar-refractivity contribution in [3.05, 3.63) is 229 Å². The van der Waals surface area contributed by atoms with Crippen molar-refractivity contribution in [3.63, 3.8) is 0 Å². The predicted molar refractivity (Wildman–Crippen MR) is 215 cm³/mol. The van der Waals surface area contributed by atoms with Crippen molar-refractivity contribution in [1.29, 1.82) is 0 Å². The lowest BCUT2D eigenvalue weighted by atomic mass is 9.67. The number of fused-ring (bicyclic) bond motifs is 6. The molecule has 238 valence electrons. The number of hydrogen-bond donors (Lipinski definition) is 0. The lowest BCUT2D eigenvalue weighted by Gasteiger charge is -2.34. The maximum atomic E-state index is 2.45. The molecule has 10 rings (SSSR count). The molecule has 0 nitrogen and oxygen atoms in total. The second kappa shape index (κ2) is 11.8. The highest BCUT2D eigenvalue weighted by atomic mass is 14.5. The van der Waals surface area contributed by atoms with E-state index in [1.54, 1.807) is 0 Å². The molecule has 0 spiro atoms. The van der Waals surface area contributed by atoms with Crippen LogP contribution in [0.4, 0.5) is 0 Å². The van der Waals surface area contributed by atoms with Crippen LogP contribution >= 0.6 is 0 Å². The monoisotopic (exact) mass is 646 g/mol. The van der Waals surface area contributed by atoms with Gasteiger partial charge >= 0.3 is 0 Å². The molecule has 9 aromatic rings. The van der Waals surface area contributed by atoms with Gasteiger partial charge in [-0.1, -0.05) is 188 Å². The smallest absolute Gasteiger partial charge is 0.0622 e. The molecule has 0 heterocycles. The minimum absolute atomic E-state index is 0.522. The standard InChI is InChI=1S/C51H34/c1-4-14-35(15-5-1)38-26-30-46-47-31-27-39(36-16-6-2-7-17-36)34-50(47)51(49(46)33-38,41-19-8-3-9-20-41)42-28-24-37(25-29-42)48-32-40-18-10-11-21-43(40)44-22-12-13-23-45(44)48/h1-34H. The van der Waals surface area contributed by atoms with E-state index in [-0.39, 0.29) is 0 Å². The van der Waals surface area contributed by atoms with Crippen LogP contribution in [0.5, 0.6) is 0 Å². The van der Waals surface area contributed by atoms with Crippen LogP contribution in [0.2, 0.25) is 0 Å². The molecule has 0 saturated heterocycles. The van der Waals surface area contributed by atoms with Crippen LogP contribution in [-0.4, -0.2) is 0 Å². The average molecular weight is 647 g/mol. The van der Waals surface area contributed by atoms with Gasteiger partial charge in [0.05, 0.1) is 5.41 Å². The van der Waals surface area contributed by atoms with Crippen molar-refractivity contribution in [2.45, 2.75) is 5.41 Å². The van der Waals surface area contributed by atoms with Gasteiger partial charge in [-0.15, -0.1) is 0 Å². The summed E-state index contributed by atoms with van der Waals surface area (Å²) in [5.74, 6) is 0. The van der Waals surface area contributed by atoms with Crippen molar-refractivity contribution >= 4 is 21.5 Å². The van der Waals surface area contributed by atoms with Crippen LogP contribution in [-0.2, 0) is 5.41 Å². The van der Waals surface area contributed by atoms with E-state index in [1.165, 1.54) is 88.3 Å². The Balaban J connectivity index is 1.24. The number of benzene rings is 9. The number of hydrogen-bond acceptors (Lipinski definition) is 0. The molecule has 1 aliphatic rings. The highest BCUT2D eigenvalue weighted by Crippen LogP contribution is 2.57. The summed E-state index contributed by atoms with van der Waals surface area (Å²) >= 11 is 0. The third-order valence-corrected chi connectivity index (χ3v) is 11.0. The summed E-state index contributed by atoms with van der Waals surface area (Å²) in [6.07, 6.45) is 0. The molecule has 51 heavy (non-hydrogen) atoms. The number of rotatable bonds is 5. The molecule has 0 amide bonds. The Labute approximate surface area is 298 Å². The quantitative estimate of drug-likeness (QED) is 0.163. The van der Waals surface area contributed by atoms with Crippen LogP contribution in [0.1, 0.15) is 22.3 Å². The third-order valence-electron chi connectivity index (χ3n) is 11.0. The van der Waals surface area contributed by atoms with E-state index in [0.29, 0.717) is 0 Å². The van der Waals surface area contributed by atoms with Crippen LogP contribution in [0.15, 0.2) is 206 Å².